The Labute approximate surface area is 50.8 Å². The molecule has 0 N–H and O–H groups in total. The Hall–Kier alpha value is -0.0800. The molecule has 2 heteroatoms. The van der Waals surface area contributed by atoms with Crippen LogP contribution < -0.4 is 0 Å². The molecule has 50 valence electrons. The third-order valence-electron chi connectivity index (χ3n) is 0.720. The summed E-state index contributed by atoms with van der Waals surface area (Å²) in [6.07, 6.45) is 0. The van der Waals surface area contributed by atoms with Gasteiger partial charge in [0, 0.05) is 6.61 Å². The molecule has 0 unspecified atom stereocenters. The number of hydrogen-bond donors (Lipinski definition) is 0. The Kier molecular flexibility index (Phi) is 6.85. The lowest BCUT2D eigenvalue weighted by Crippen LogP contribution is -2.02. The van der Waals surface area contributed by atoms with Crippen molar-refractivity contribution in [2.45, 2.75) is 6.92 Å². The Bertz CT molecular complexity index is 31.5. The van der Waals surface area contributed by atoms with E-state index in [1.165, 1.54) is 0 Å². The van der Waals surface area contributed by atoms with Crippen molar-refractivity contribution in [1.29, 1.82) is 0 Å². The standard InChI is InChI=1S/C6H13O2/c1-3-7-5-6-8-4-2/h1,3-6H2,2H3/q-1. The van der Waals surface area contributed by atoms with Crippen LogP contribution in [-0.2, 0) is 9.47 Å². The van der Waals surface area contributed by atoms with E-state index in [9.17, 15) is 0 Å². The van der Waals surface area contributed by atoms with E-state index in [2.05, 4.69) is 6.92 Å². The van der Waals surface area contributed by atoms with E-state index >= 15 is 0 Å². The van der Waals surface area contributed by atoms with Crippen LogP contribution in [0, 0.1) is 6.92 Å². The third-order valence-corrected chi connectivity index (χ3v) is 0.720. The Morgan fingerprint density at radius 2 is 1.88 bits per heavy atom. The molecule has 0 aliphatic carbocycles. The van der Waals surface area contributed by atoms with Crippen molar-refractivity contribution in [3.63, 3.8) is 0 Å². The van der Waals surface area contributed by atoms with Gasteiger partial charge in [-0.15, -0.1) is 0 Å². The van der Waals surface area contributed by atoms with Crippen molar-refractivity contribution in [2.75, 3.05) is 26.4 Å². The SMILES string of the molecule is [CH2-]COCCOCC. The molecule has 0 aromatic rings. The Morgan fingerprint density at radius 3 is 2.38 bits per heavy atom. The van der Waals surface area contributed by atoms with Gasteiger partial charge < -0.3 is 16.4 Å². The lowest BCUT2D eigenvalue weighted by atomic mass is 10.7. The molecule has 0 heterocycles. The fraction of sp³-hybridized carbons (Fsp3) is 0.833. The van der Waals surface area contributed by atoms with E-state index in [-0.39, 0.29) is 0 Å². The predicted molar refractivity (Wildman–Crippen MR) is 32.7 cm³/mol. The van der Waals surface area contributed by atoms with Gasteiger partial charge >= 0.3 is 0 Å². The second-order valence-corrected chi connectivity index (χ2v) is 1.31. The first kappa shape index (κ1) is 7.92. The first-order chi connectivity index (χ1) is 3.91. The first-order valence-electron chi connectivity index (χ1n) is 2.86. The monoisotopic (exact) mass is 117 g/mol. The van der Waals surface area contributed by atoms with Crippen LogP contribution in [0.1, 0.15) is 6.92 Å². The van der Waals surface area contributed by atoms with Crippen LogP contribution in [0.2, 0.25) is 0 Å². The molecule has 8 heavy (non-hydrogen) atoms. The Morgan fingerprint density at radius 1 is 1.25 bits per heavy atom. The van der Waals surface area contributed by atoms with Crippen LogP contribution in [0.4, 0.5) is 0 Å². The molecule has 0 aromatic heterocycles. The summed E-state index contributed by atoms with van der Waals surface area (Å²) in [5.74, 6) is 0. The third kappa shape index (κ3) is 5.92. The minimum absolute atomic E-state index is 0.535. The highest BCUT2D eigenvalue weighted by molar-refractivity contribution is 4.31. The lowest BCUT2D eigenvalue weighted by Gasteiger charge is -2.02. The fourth-order valence-corrected chi connectivity index (χ4v) is 0.364. The van der Waals surface area contributed by atoms with Gasteiger partial charge in [-0.05, 0) is 6.92 Å². The molecular weight excluding hydrogens is 104 g/mol. The van der Waals surface area contributed by atoms with Crippen molar-refractivity contribution < 1.29 is 9.47 Å². The quantitative estimate of drug-likeness (QED) is 0.393. The van der Waals surface area contributed by atoms with Crippen LogP contribution >= 0.6 is 0 Å². The number of hydrogen-bond acceptors (Lipinski definition) is 2. The van der Waals surface area contributed by atoms with E-state index < -0.39 is 0 Å². The molecule has 0 atom stereocenters. The summed E-state index contributed by atoms with van der Waals surface area (Å²) in [4.78, 5) is 0. The maximum absolute atomic E-state index is 4.98. The molecule has 2 nitrogen and oxygen atoms in total. The summed E-state index contributed by atoms with van der Waals surface area (Å²) < 4.78 is 9.88. The zero-order chi connectivity index (χ0) is 6.24. The molecule has 0 saturated carbocycles. The normalized spacial score (nSPS) is 9.75. The van der Waals surface area contributed by atoms with Crippen molar-refractivity contribution >= 4 is 0 Å². The summed E-state index contributed by atoms with van der Waals surface area (Å²) in [5.41, 5.74) is 0. The molecule has 0 bridgehead atoms. The zero-order valence-electron chi connectivity index (χ0n) is 5.35. The van der Waals surface area contributed by atoms with E-state index in [1.807, 2.05) is 6.92 Å². The smallest absolute Gasteiger partial charge is 0.0698 e. The summed E-state index contributed by atoms with van der Waals surface area (Å²) >= 11 is 0. The second kappa shape index (κ2) is 6.92. The highest BCUT2D eigenvalue weighted by Gasteiger charge is 1.79. The van der Waals surface area contributed by atoms with Crippen LogP contribution in [0.5, 0.6) is 0 Å². The lowest BCUT2D eigenvalue weighted by molar-refractivity contribution is 0.0638. The summed E-state index contributed by atoms with van der Waals surface area (Å²) in [6.45, 7) is 8.12. The molecule has 0 rings (SSSR count). The van der Waals surface area contributed by atoms with Gasteiger partial charge in [-0.2, -0.15) is 0 Å². The number of ether oxygens (including phenoxy) is 2. The van der Waals surface area contributed by atoms with Gasteiger partial charge in [-0.1, -0.05) is 6.61 Å². The highest BCUT2D eigenvalue weighted by Crippen LogP contribution is 1.75. The van der Waals surface area contributed by atoms with E-state index in [0.717, 1.165) is 6.61 Å². The van der Waals surface area contributed by atoms with Gasteiger partial charge in [0.05, 0.1) is 13.2 Å². The van der Waals surface area contributed by atoms with Gasteiger partial charge in [0.2, 0.25) is 0 Å². The maximum atomic E-state index is 4.98. The van der Waals surface area contributed by atoms with Crippen molar-refractivity contribution in [1.82, 2.24) is 0 Å². The summed E-state index contributed by atoms with van der Waals surface area (Å²) in [6, 6.07) is 0. The van der Waals surface area contributed by atoms with Crippen LogP contribution in [0.3, 0.4) is 0 Å². The first-order valence-corrected chi connectivity index (χ1v) is 2.86. The second-order valence-electron chi connectivity index (χ2n) is 1.31. The predicted octanol–water partition coefficient (Wildman–Crippen LogP) is 0.874. The topological polar surface area (TPSA) is 18.5 Å². The average molecular weight is 117 g/mol. The summed E-state index contributed by atoms with van der Waals surface area (Å²) in [5, 5.41) is 0. The largest absolute Gasteiger partial charge is 0.411 e. The minimum atomic E-state index is 0.535. The fourth-order valence-electron chi connectivity index (χ4n) is 0.364. The molecule has 0 saturated heterocycles. The molecule has 0 aliphatic heterocycles. The molecule has 0 radical (unpaired) electrons. The van der Waals surface area contributed by atoms with Gasteiger partial charge in [0.25, 0.3) is 0 Å². The van der Waals surface area contributed by atoms with E-state index in [0.29, 0.717) is 19.8 Å². The molecule has 0 amide bonds. The van der Waals surface area contributed by atoms with Gasteiger partial charge in [0.15, 0.2) is 0 Å². The van der Waals surface area contributed by atoms with Gasteiger partial charge in [-0.3, -0.25) is 0 Å². The van der Waals surface area contributed by atoms with E-state index in [4.69, 9.17) is 9.47 Å². The van der Waals surface area contributed by atoms with Crippen molar-refractivity contribution in [2.24, 2.45) is 0 Å². The van der Waals surface area contributed by atoms with Crippen molar-refractivity contribution in [3.8, 4) is 0 Å². The molecule has 0 fully saturated rings. The summed E-state index contributed by atoms with van der Waals surface area (Å²) in [7, 11) is 0. The highest BCUT2D eigenvalue weighted by atomic mass is 16.5. The Balaban J connectivity index is 2.53. The molecule has 0 spiro atoms. The van der Waals surface area contributed by atoms with Crippen molar-refractivity contribution in [3.05, 3.63) is 6.92 Å². The van der Waals surface area contributed by atoms with Crippen LogP contribution in [0.15, 0.2) is 0 Å². The van der Waals surface area contributed by atoms with Crippen LogP contribution in [-0.4, -0.2) is 26.4 Å². The average Bonchev–Trinajstić information content (AvgIpc) is 1.81. The zero-order valence-corrected chi connectivity index (χ0v) is 5.35. The maximum Gasteiger partial charge on any atom is 0.0698 e. The molecular formula is C6H13O2-. The van der Waals surface area contributed by atoms with Gasteiger partial charge in [-0.25, -0.2) is 0 Å². The number of rotatable bonds is 5. The van der Waals surface area contributed by atoms with E-state index in [1.54, 1.807) is 0 Å². The van der Waals surface area contributed by atoms with Gasteiger partial charge in [0.1, 0.15) is 0 Å². The molecule has 0 aliphatic rings. The molecule has 0 aromatic carbocycles. The minimum Gasteiger partial charge on any atom is -0.411 e. The van der Waals surface area contributed by atoms with Crippen LogP contribution in [0.25, 0.3) is 0 Å².